The summed E-state index contributed by atoms with van der Waals surface area (Å²) in [6.07, 6.45) is 0.165. The SMILES string of the molecule is N#CCc1nc(Cl)ccc1-c1cccc(Cl)c1Cl. The molecule has 0 spiro atoms. The monoisotopic (exact) mass is 296 g/mol. The lowest BCUT2D eigenvalue weighted by Crippen LogP contribution is -1.94. The van der Waals surface area contributed by atoms with E-state index in [0.717, 1.165) is 11.1 Å². The Hall–Kier alpha value is -1.27. The van der Waals surface area contributed by atoms with Gasteiger partial charge in [0, 0.05) is 11.1 Å². The fourth-order valence-electron chi connectivity index (χ4n) is 1.64. The molecule has 18 heavy (non-hydrogen) atoms. The number of nitrogens with zero attached hydrogens (tertiary/aromatic N) is 2. The van der Waals surface area contributed by atoms with Gasteiger partial charge < -0.3 is 0 Å². The maximum Gasteiger partial charge on any atom is 0.129 e. The van der Waals surface area contributed by atoms with Gasteiger partial charge in [-0.2, -0.15) is 5.26 Å². The van der Waals surface area contributed by atoms with Gasteiger partial charge >= 0.3 is 0 Å². The molecule has 1 aromatic heterocycles. The standard InChI is InChI=1S/C13H7Cl3N2/c14-10-3-1-2-9(13(10)16)8-4-5-12(15)18-11(8)6-7-17/h1-5H,6H2. The van der Waals surface area contributed by atoms with E-state index in [2.05, 4.69) is 11.1 Å². The molecule has 2 rings (SSSR count). The fourth-order valence-corrected chi connectivity index (χ4v) is 2.21. The zero-order valence-corrected chi connectivity index (χ0v) is 11.4. The van der Waals surface area contributed by atoms with Crippen molar-refractivity contribution in [2.45, 2.75) is 6.42 Å². The van der Waals surface area contributed by atoms with Crippen LogP contribution in [0.3, 0.4) is 0 Å². The Morgan fingerprint density at radius 3 is 2.56 bits per heavy atom. The maximum atomic E-state index is 8.81. The normalized spacial score (nSPS) is 10.1. The van der Waals surface area contributed by atoms with Gasteiger partial charge in [-0.05, 0) is 18.2 Å². The Kier molecular flexibility index (Phi) is 4.08. The first-order chi connectivity index (χ1) is 8.63. The van der Waals surface area contributed by atoms with Crippen LogP contribution in [0.1, 0.15) is 5.69 Å². The van der Waals surface area contributed by atoms with Gasteiger partial charge in [0.1, 0.15) is 5.15 Å². The molecule has 0 bridgehead atoms. The Morgan fingerprint density at radius 1 is 1.06 bits per heavy atom. The van der Waals surface area contributed by atoms with Crippen molar-refractivity contribution in [2.24, 2.45) is 0 Å². The van der Waals surface area contributed by atoms with Crippen molar-refractivity contribution in [3.63, 3.8) is 0 Å². The lowest BCUT2D eigenvalue weighted by Gasteiger charge is -2.09. The quantitative estimate of drug-likeness (QED) is 0.748. The Bertz CT molecular complexity index is 633. The summed E-state index contributed by atoms with van der Waals surface area (Å²) in [7, 11) is 0. The number of benzene rings is 1. The van der Waals surface area contributed by atoms with E-state index in [1.165, 1.54) is 0 Å². The van der Waals surface area contributed by atoms with E-state index in [0.29, 0.717) is 20.9 Å². The van der Waals surface area contributed by atoms with Crippen LogP contribution in [0.2, 0.25) is 15.2 Å². The molecule has 0 saturated carbocycles. The molecule has 2 aromatic rings. The maximum absolute atomic E-state index is 8.81. The second-order valence-electron chi connectivity index (χ2n) is 3.56. The van der Waals surface area contributed by atoms with Gasteiger partial charge in [0.05, 0.1) is 28.2 Å². The van der Waals surface area contributed by atoms with Gasteiger partial charge in [0.25, 0.3) is 0 Å². The number of hydrogen-bond donors (Lipinski definition) is 0. The first-order valence-corrected chi connectivity index (χ1v) is 6.23. The second kappa shape index (κ2) is 5.58. The molecule has 0 N–H and O–H groups in total. The molecular formula is C13H7Cl3N2. The van der Waals surface area contributed by atoms with Gasteiger partial charge in [-0.1, -0.05) is 46.9 Å². The predicted molar refractivity (Wildman–Crippen MR) is 74.0 cm³/mol. The second-order valence-corrected chi connectivity index (χ2v) is 4.74. The van der Waals surface area contributed by atoms with Crippen LogP contribution in [0.25, 0.3) is 11.1 Å². The highest BCUT2D eigenvalue weighted by Gasteiger charge is 2.12. The third-order valence-corrected chi connectivity index (χ3v) is 3.46. The number of hydrogen-bond acceptors (Lipinski definition) is 2. The van der Waals surface area contributed by atoms with E-state index in [1.807, 2.05) is 6.07 Å². The molecule has 0 unspecified atom stereocenters. The van der Waals surface area contributed by atoms with Gasteiger partial charge in [-0.25, -0.2) is 4.98 Å². The summed E-state index contributed by atoms with van der Waals surface area (Å²) in [6, 6.07) is 10.9. The zero-order chi connectivity index (χ0) is 13.1. The number of aromatic nitrogens is 1. The van der Waals surface area contributed by atoms with Crippen molar-refractivity contribution in [3.05, 3.63) is 51.2 Å². The van der Waals surface area contributed by atoms with Gasteiger partial charge in [0.15, 0.2) is 0 Å². The zero-order valence-electron chi connectivity index (χ0n) is 9.12. The first-order valence-electron chi connectivity index (χ1n) is 5.10. The van der Waals surface area contributed by atoms with E-state index in [-0.39, 0.29) is 6.42 Å². The molecule has 0 saturated heterocycles. The Labute approximate surface area is 120 Å². The van der Waals surface area contributed by atoms with Crippen LogP contribution < -0.4 is 0 Å². The highest BCUT2D eigenvalue weighted by Crippen LogP contribution is 2.35. The molecule has 0 aliphatic heterocycles. The van der Waals surface area contributed by atoms with Gasteiger partial charge in [-0.15, -0.1) is 0 Å². The number of halogens is 3. The Morgan fingerprint density at radius 2 is 1.83 bits per heavy atom. The average Bonchev–Trinajstić information content (AvgIpc) is 2.34. The topological polar surface area (TPSA) is 36.7 Å². The molecular weight excluding hydrogens is 291 g/mol. The third-order valence-electron chi connectivity index (χ3n) is 2.43. The molecule has 0 radical (unpaired) electrons. The molecule has 0 fully saturated rings. The summed E-state index contributed by atoms with van der Waals surface area (Å²) in [5, 5.41) is 10.1. The van der Waals surface area contributed by atoms with Gasteiger partial charge in [-0.3, -0.25) is 0 Å². The molecule has 0 aliphatic carbocycles. The van der Waals surface area contributed by atoms with Crippen LogP contribution in [-0.4, -0.2) is 4.98 Å². The van der Waals surface area contributed by atoms with E-state index in [1.54, 1.807) is 24.3 Å². The first kappa shape index (κ1) is 13.2. The van der Waals surface area contributed by atoms with E-state index in [4.69, 9.17) is 40.1 Å². The molecule has 90 valence electrons. The molecule has 1 aromatic carbocycles. The third kappa shape index (κ3) is 2.59. The highest BCUT2D eigenvalue weighted by atomic mass is 35.5. The minimum absolute atomic E-state index is 0.165. The lowest BCUT2D eigenvalue weighted by molar-refractivity contribution is 1.12. The summed E-state index contributed by atoms with van der Waals surface area (Å²) >= 11 is 18.0. The summed E-state index contributed by atoms with van der Waals surface area (Å²) < 4.78 is 0. The highest BCUT2D eigenvalue weighted by molar-refractivity contribution is 6.43. The van der Waals surface area contributed by atoms with Crippen LogP contribution in [0.4, 0.5) is 0 Å². The van der Waals surface area contributed by atoms with E-state index >= 15 is 0 Å². The fraction of sp³-hybridized carbons (Fsp3) is 0.0769. The van der Waals surface area contributed by atoms with Crippen molar-refractivity contribution in [3.8, 4) is 17.2 Å². The molecule has 0 aliphatic rings. The lowest BCUT2D eigenvalue weighted by atomic mass is 10.0. The van der Waals surface area contributed by atoms with Crippen molar-refractivity contribution >= 4 is 34.8 Å². The van der Waals surface area contributed by atoms with Crippen LogP contribution in [-0.2, 0) is 6.42 Å². The van der Waals surface area contributed by atoms with Crippen LogP contribution in [0.15, 0.2) is 30.3 Å². The van der Waals surface area contributed by atoms with Gasteiger partial charge in [0.2, 0.25) is 0 Å². The molecule has 0 atom stereocenters. The summed E-state index contributed by atoms with van der Waals surface area (Å²) in [4.78, 5) is 4.15. The van der Waals surface area contributed by atoms with E-state index in [9.17, 15) is 0 Å². The Balaban J connectivity index is 2.64. The van der Waals surface area contributed by atoms with Crippen LogP contribution >= 0.6 is 34.8 Å². The van der Waals surface area contributed by atoms with Crippen molar-refractivity contribution in [2.75, 3.05) is 0 Å². The largest absolute Gasteiger partial charge is 0.239 e. The predicted octanol–water partition coefficient (Wildman–Crippen LogP) is 4.77. The summed E-state index contributed by atoms with van der Waals surface area (Å²) in [5.74, 6) is 0. The van der Waals surface area contributed by atoms with Crippen LogP contribution in [0, 0.1) is 11.3 Å². The summed E-state index contributed by atoms with van der Waals surface area (Å²) in [5.41, 5.74) is 2.11. The average molecular weight is 298 g/mol. The van der Waals surface area contributed by atoms with Crippen molar-refractivity contribution < 1.29 is 0 Å². The minimum Gasteiger partial charge on any atom is -0.239 e. The van der Waals surface area contributed by atoms with E-state index < -0.39 is 0 Å². The smallest absolute Gasteiger partial charge is 0.129 e. The molecule has 2 nitrogen and oxygen atoms in total. The van der Waals surface area contributed by atoms with Crippen molar-refractivity contribution in [1.82, 2.24) is 4.98 Å². The number of pyridine rings is 1. The molecule has 0 amide bonds. The van der Waals surface area contributed by atoms with Crippen LogP contribution in [0.5, 0.6) is 0 Å². The summed E-state index contributed by atoms with van der Waals surface area (Å²) in [6.45, 7) is 0. The number of rotatable bonds is 2. The molecule has 5 heteroatoms. The number of nitriles is 1. The minimum atomic E-state index is 0.165. The molecule has 1 heterocycles. The van der Waals surface area contributed by atoms with Crippen molar-refractivity contribution in [1.29, 1.82) is 5.26 Å².